The first-order valence-corrected chi connectivity index (χ1v) is 8.50. The van der Waals surface area contributed by atoms with E-state index in [0.29, 0.717) is 6.54 Å². The fraction of sp³-hybridized carbons (Fsp3) is 0.400. The second-order valence-electron chi connectivity index (χ2n) is 6.47. The molecule has 3 rings (SSSR count). The molecule has 1 fully saturated rings. The van der Waals surface area contributed by atoms with E-state index in [-0.39, 0.29) is 11.9 Å². The summed E-state index contributed by atoms with van der Waals surface area (Å²) in [6.45, 7) is 2.71. The highest BCUT2D eigenvalue weighted by Crippen LogP contribution is 2.28. The highest BCUT2D eigenvalue weighted by molar-refractivity contribution is 5.21. The van der Waals surface area contributed by atoms with Crippen LogP contribution in [0, 0.1) is 11.7 Å². The van der Waals surface area contributed by atoms with Crippen LogP contribution in [0.1, 0.15) is 30.0 Å². The van der Waals surface area contributed by atoms with Crippen molar-refractivity contribution in [3.8, 4) is 0 Å². The van der Waals surface area contributed by atoms with Crippen molar-refractivity contribution in [2.75, 3.05) is 19.6 Å². The maximum absolute atomic E-state index is 13.1. The number of benzene rings is 2. The van der Waals surface area contributed by atoms with Crippen LogP contribution < -0.4 is 5.73 Å². The molecular formula is C20H25FN2. The summed E-state index contributed by atoms with van der Waals surface area (Å²) in [5.74, 6) is 0.561. The normalized spacial score (nSPS) is 18.0. The quantitative estimate of drug-likeness (QED) is 0.910. The minimum Gasteiger partial charge on any atom is -0.329 e. The molecule has 1 saturated heterocycles. The first-order valence-electron chi connectivity index (χ1n) is 8.50. The van der Waals surface area contributed by atoms with Crippen LogP contribution in [-0.4, -0.2) is 24.5 Å². The van der Waals surface area contributed by atoms with Gasteiger partial charge in [0.15, 0.2) is 0 Å². The lowest BCUT2D eigenvalue weighted by Gasteiger charge is -2.37. The van der Waals surface area contributed by atoms with Gasteiger partial charge in [-0.05, 0) is 61.5 Å². The van der Waals surface area contributed by atoms with E-state index in [2.05, 4.69) is 35.2 Å². The Hall–Kier alpha value is -1.71. The Labute approximate surface area is 138 Å². The molecule has 0 bridgehead atoms. The van der Waals surface area contributed by atoms with E-state index in [0.717, 1.165) is 24.6 Å². The first-order chi connectivity index (χ1) is 11.3. The fourth-order valence-electron chi connectivity index (χ4n) is 3.60. The van der Waals surface area contributed by atoms with Gasteiger partial charge in [-0.2, -0.15) is 0 Å². The predicted octanol–water partition coefficient (Wildman–Crippen LogP) is 3.78. The Balaban J connectivity index is 1.58. The zero-order valence-corrected chi connectivity index (χ0v) is 13.5. The van der Waals surface area contributed by atoms with E-state index in [9.17, 15) is 4.39 Å². The molecule has 2 aromatic carbocycles. The van der Waals surface area contributed by atoms with Crippen LogP contribution in [0.15, 0.2) is 54.6 Å². The van der Waals surface area contributed by atoms with Crippen LogP contribution in [0.25, 0.3) is 0 Å². The van der Waals surface area contributed by atoms with Crippen LogP contribution in [0.5, 0.6) is 0 Å². The smallest absolute Gasteiger partial charge is 0.123 e. The van der Waals surface area contributed by atoms with Gasteiger partial charge in [-0.15, -0.1) is 0 Å². The Morgan fingerprint density at radius 3 is 2.26 bits per heavy atom. The van der Waals surface area contributed by atoms with Crippen molar-refractivity contribution in [2.45, 2.75) is 25.3 Å². The number of hydrogen-bond donors (Lipinski definition) is 1. The van der Waals surface area contributed by atoms with Gasteiger partial charge in [0.2, 0.25) is 0 Å². The predicted molar refractivity (Wildman–Crippen MR) is 92.6 cm³/mol. The molecule has 3 heteroatoms. The summed E-state index contributed by atoms with van der Waals surface area (Å²) in [5.41, 5.74) is 8.55. The molecule has 1 heterocycles. The molecule has 0 amide bonds. The molecule has 2 N–H and O–H groups in total. The van der Waals surface area contributed by atoms with Crippen molar-refractivity contribution in [1.82, 2.24) is 4.90 Å². The number of rotatable bonds is 5. The number of piperidine rings is 1. The van der Waals surface area contributed by atoms with Crippen molar-refractivity contribution in [3.05, 3.63) is 71.5 Å². The average Bonchev–Trinajstić information content (AvgIpc) is 2.60. The average molecular weight is 312 g/mol. The minimum absolute atomic E-state index is 0.189. The summed E-state index contributed by atoms with van der Waals surface area (Å²) >= 11 is 0. The third kappa shape index (κ3) is 4.18. The van der Waals surface area contributed by atoms with Gasteiger partial charge in [-0.3, -0.25) is 4.90 Å². The SMILES string of the molecule is NC[C@@H](c1ccc(F)cc1)N1CCC(Cc2ccccc2)CC1. The summed E-state index contributed by atoms with van der Waals surface area (Å²) in [5, 5.41) is 0. The molecule has 0 unspecified atom stereocenters. The Morgan fingerprint density at radius 2 is 1.65 bits per heavy atom. The van der Waals surface area contributed by atoms with Crippen LogP contribution in [-0.2, 0) is 6.42 Å². The van der Waals surface area contributed by atoms with Gasteiger partial charge in [-0.1, -0.05) is 42.5 Å². The fourth-order valence-corrected chi connectivity index (χ4v) is 3.60. The topological polar surface area (TPSA) is 29.3 Å². The van der Waals surface area contributed by atoms with Crippen molar-refractivity contribution < 1.29 is 4.39 Å². The van der Waals surface area contributed by atoms with E-state index < -0.39 is 0 Å². The van der Waals surface area contributed by atoms with Crippen LogP contribution in [0.3, 0.4) is 0 Å². The molecular weight excluding hydrogens is 287 g/mol. The highest BCUT2D eigenvalue weighted by Gasteiger charge is 2.25. The molecule has 0 spiro atoms. The highest BCUT2D eigenvalue weighted by atomic mass is 19.1. The monoisotopic (exact) mass is 312 g/mol. The van der Waals surface area contributed by atoms with E-state index in [1.807, 2.05) is 12.1 Å². The van der Waals surface area contributed by atoms with E-state index >= 15 is 0 Å². The van der Waals surface area contributed by atoms with E-state index in [1.165, 1.54) is 37.0 Å². The molecule has 0 aliphatic carbocycles. The van der Waals surface area contributed by atoms with Crippen molar-refractivity contribution in [1.29, 1.82) is 0 Å². The van der Waals surface area contributed by atoms with Crippen molar-refractivity contribution in [3.63, 3.8) is 0 Å². The molecule has 23 heavy (non-hydrogen) atoms. The third-order valence-corrected chi connectivity index (χ3v) is 4.94. The summed E-state index contributed by atoms with van der Waals surface area (Å²) in [6.07, 6.45) is 3.57. The lowest BCUT2D eigenvalue weighted by atomic mass is 9.89. The second-order valence-corrected chi connectivity index (χ2v) is 6.47. The molecule has 0 aromatic heterocycles. The Bertz CT molecular complexity index is 589. The first kappa shape index (κ1) is 16.2. The molecule has 2 aromatic rings. The molecule has 122 valence electrons. The minimum atomic E-state index is -0.189. The standard InChI is InChI=1S/C20H25FN2/c21-19-8-6-18(7-9-19)20(15-22)23-12-10-17(11-13-23)14-16-4-2-1-3-5-16/h1-9,17,20H,10-15,22H2/t20-/m0/s1. The number of halogens is 1. The number of nitrogens with zero attached hydrogens (tertiary/aromatic N) is 1. The largest absolute Gasteiger partial charge is 0.329 e. The van der Waals surface area contributed by atoms with Crippen LogP contribution >= 0.6 is 0 Å². The third-order valence-electron chi connectivity index (χ3n) is 4.94. The lowest BCUT2D eigenvalue weighted by molar-refractivity contribution is 0.135. The van der Waals surface area contributed by atoms with Crippen LogP contribution in [0.4, 0.5) is 4.39 Å². The zero-order chi connectivity index (χ0) is 16.1. The maximum Gasteiger partial charge on any atom is 0.123 e. The van der Waals surface area contributed by atoms with E-state index in [1.54, 1.807) is 0 Å². The number of likely N-dealkylation sites (tertiary alicyclic amines) is 1. The Morgan fingerprint density at radius 1 is 1.00 bits per heavy atom. The molecule has 0 saturated carbocycles. The molecule has 2 nitrogen and oxygen atoms in total. The zero-order valence-electron chi connectivity index (χ0n) is 13.5. The summed E-state index contributed by atoms with van der Waals surface area (Å²) in [6, 6.07) is 17.7. The molecule has 1 aliphatic rings. The van der Waals surface area contributed by atoms with Crippen molar-refractivity contribution >= 4 is 0 Å². The lowest BCUT2D eigenvalue weighted by Crippen LogP contribution is -2.40. The second kappa shape index (κ2) is 7.71. The van der Waals surface area contributed by atoms with Crippen molar-refractivity contribution in [2.24, 2.45) is 11.7 Å². The molecule has 1 aliphatic heterocycles. The van der Waals surface area contributed by atoms with Gasteiger partial charge in [0, 0.05) is 12.6 Å². The number of nitrogens with two attached hydrogens (primary N) is 1. The van der Waals surface area contributed by atoms with E-state index in [4.69, 9.17) is 5.73 Å². The summed E-state index contributed by atoms with van der Waals surface area (Å²) in [7, 11) is 0. The summed E-state index contributed by atoms with van der Waals surface area (Å²) in [4.78, 5) is 2.45. The molecule has 0 radical (unpaired) electrons. The maximum atomic E-state index is 13.1. The van der Waals surface area contributed by atoms with Gasteiger partial charge < -0.3 is 5.73 Å². The van der Waals surface area contributed by atoms with Gasteiger partial charge in [0.1, 0.15) is 5.82 Å². The van der Waals surface area contributed by atoms with Gasteiger partial charge >= 0.3 is 0 Å². The summed E-state index contributed by atoms with van der Waals surface area (Å²) < 4.78 is 13.1. The van der Waals surface area contributed by atoms with Gasteiger partial charge in [-0.25, -0.2) is 4.39 Å². The molecule has 1 atom stereocenters. The van der Waals surface area contributed by atoms with Gasteiger partial charge in [0.25, 0.3) is 0 Å². The Kier molecular flexibility index (Phi) is 5.42. The number of hydrogen-bond acceptors (Lipinski definition) is 2. The van der Waals surface area contributed by atoms with Crippen LogP contribution in [0.2, 0.25) is 0 Å². The van der Waals surface area contributed by atoms with Gasteiger partial charge in [0.05, 0.1) is 0 Å².